The number of benzene rings is 2. The van der Waals surface area contributed by atoms with Crippen molar-refractivity contribution in [1.29, 1.82) is 0 Å². The number of aliphatic hydroxyl groups excluding tert-OH is 1. The molecule has 0 unspecified atom stereocenters. The van der Waals surface area contributed by atoms with Crippen LogP contribution in [0.2, 0.25) is 0 Å². The molecule has 0 aliphatic rings. The minimum atomic E-state index is -2.01. The third-order valence-corrected chi connectivity index (χ3v) is 10.5. The fourth-order valence-corrected chi connectivity index (χ4v) is 6.57. The van der Waals surface area contributed by atoms with Gasteiger partial charge in [-0.2, -0.15) is 0 Å². The predicted octanol–water partition coefficient (Wildman–Crippen LogP) is -4.95. The first-order valence-electron chi connectivity index (χ1n) is 22.6. The number of phenolic OH excluding ortho intramolecular Hbond substituents is 1. The zero-order valence-electron chi connectivity index (χ0n) is 39.5. The second-order valence-electron chi connectivity index (χ2n) is 16.5. The Bertz CT molecular complexity index is 2270. The van der Waals surface area contributed by atoms with Gasteiger partial charge < -0.3 is 84.6 Å². The molecule has 8 atom stereocenters. The van der Waals surface area contributed by atoms with E-state index >= 15 is 0 Å². The van der Waals surface area contributed by atoms with Crippen LogP contribution in [-0.4, -0.2) is 170 Å². The molecule has 2 rings (SSSR count). The number of rotatable bonds is 33. The van der Waals surface area contributed by atoms with Gasteiger partial charge in [0, 0.05) is 19.3 Å². The van der Waals surface area contributed by atoms with E-state index in [-0.39, 0.29) is 25.0 Å². The van der Waals surface area contributed by atoms with Crippen molar-refractivity contribution >= 4 is 71.1 Å². The van der Waals surface area contributed by atoms with Crippen LogP contribution < -0.4 is 54.0 Å². The highest BCUT2D eigenvalue weighted by Gasteiger charge is 2.35. The van der Waals surface area contributed by atoms with Gasteiger partial charge in [-0.1, -0.05) is 48.9 Å². The largest absolute Gasteiger partial charge is 0.508 e. The van der Waals surface area contributed by atoms with Crippen LogP contribution in [0.4, 0.5) is 0 Å². The van der Waals surface area contributed by atoms with Crippen molar-refractivity contribution in [3.63, 3.8) is 0 Å². The molecular formula is C45H62N10O18. The lowest BCUT2D eigenvalue weighted by molar-refractivity contribution is -0.143. The Balaban J connectivity index is 2.27. The van der Waals surface area contributed by atoms with Gasteiger partial charge in [0.2, 0.25) is 47.3 Å². The van der Waals surface area contributed by atoms with Crippen LogP contribution in [0.5, 0.6) is 5.75 Å². The molecule has 0 bridgehead atoms. The Morgan fingerprint density at radius 2 is 0.986 bits per heavy atom. The summed E-state index contributed by atoms with van der Waals surface area (Å²) in [5.74, 6) is -15.3. The number of aliphatic carboxylic acids is 4. The van der Waals surface area contributed by atoms with E-state index in [9.17, 15) is 83.1 Å². The number of carboxylic acids is 4. The van der Waals surface area contributed by atoms with Crippen LogP contribution >= 0.6 is 0 Å². The minimum absolute atomic E-state index is 0.161. The van der Waals surface area contributed by atoms with Gasteiger partial charge in [-0.25, -0.2) is 4.79 Å². The number of carboxylic acid groups (broad SMARTS) is 4. The number of carbonyl (C=O) groups excluding carboxylic acids is 8. The molecule has 2 aromatic rings. The molecule has 0 heterocycles. The lowest BCUT2D eigenvalue weighted by Gasteiger charge is -2.26. The monoisotopic (exact) mass is 1030 g/mol. The first-order chi connectivity index (χ1) is 34.4. The molecule has 0 spiro atoms. The SMILES string of the molecule is C[C@H](NC(=O)[C@H](CC(=O)O)NC(=O)[C@H](CC(=O)O)NC(=O)CNC(=O)[C@@H](N)CCCCN)C(=O)N[C@@H](CO)C(=O)N[C@@H](Cc1ccc(O)cc1)C(=O)N[C@@H](Cc1ccccc1)C(=O)N[C@@H](CCC(=O)O)C(=O)O. The molecule has 18 N–H and O–H groups in total. The molecule has 28 heteroatoms. The zero-order chi connectivity index (χ0) is 54.8. The quantitative estimate of drug-likeness (QED) is 0.0298. The summed E-state index contributed by atoms with van der Waals surface area (Å²) in [6.45, 7) is -0.456. The number of unbranched alkanes of at least 4 members (excludes halogenated alkanes) is 1. The second-order valence-corrected chi connectivity index (χ2v) is 16.5. The summed E-state index contributed by atoms with van der Waals surface area (Å²) >= 11 is 0. The number of nitrogens with one attached hydrogen (secondary N) is 8. The summed E-state index contributed by atoms with van der Waals surface area (Å²) < 4.78 is 0. The van der Waals surface area contributed by atoms with E-state index in [1.165, 1.54) is 24.3 Å². The lowest BCUT2D eigenvalue weighted by Crippen LogP contribution is -2.61. The summed E-state index contributed by atoms with van der Waals surface area (Å²) in [4.78, 5) is 152. The molecule has 400 valence electrons. The minimum Gasteiger partial charge on any atom is -0.508 e. The molecule has 28 nitrogen and oxygen atoms in total. The first-order valence-corrected chi connectivity index (χ1v) is 22.6. The lowest BCUT2D eigenvalue weighted by atomic mass is 10.0. The summed E-state index contributed by atoms with van der Waals surface area (Å²) in [7, 11) is 0. The Kier molecular flexibility index (Phi) is 26.0. The van der Waals surface area contributed by atoms with Crippen LogP contribution in [0.15, 0.2) is 54.6 Å². The number of hydrogen-bond donors (Lipinski definition) is 16. The Morgan fingerprint density at radius 3 is 1.49 bits per heavy atom. The van der Waals surface area contributed by atoms with E-state index in [4.69, 9.17) is 16.6 Å². The smallest absolute Gasteiger partial charge is 0.326 e. The molecule has 0 fully saturated rings. The van der Waals surface area contributed by atoms with Crippen LogP contribution in [-0.2, 0) is 70.4 Å². The summed E-state index contributed by atoms with van der Waals surface area (Å²) in [5.41, 5.74) is 12.0. The average Bonchev–Trinajstić information content (AvgIpc) is 3.33. The van der Waals surface area contributed by atoms with Crippen molar-refractivity contribution in [1.82, 2.24) is 42.5 Å². The number of aliphatic hydroxyl groups is 1. The number of amides is 8. The molecule has 73 heavy (non-hydrogen) atoms. The predicted molar refractivity (Wildman–Crippen MR) is 251 cm³/mol. The van der Waals surface area contributed by atoms with Gasteiger partial charge in [-0.05, 0) is 56.0 Å². The number of aromatic hydroxyl groups is 1. The molecule has 0 aliphatic carbocycles. The maximum atomic E-state index is 14.0. The van der Waals surface area contributed by atoms with Crippen molar-refractivity contribution in [2.75, 3.05) is 19.7 Å². The van der Waals surface area contributed by atoms with E-state index in [0.29, 0.717) is 30.5 Å². The molecule has 8 amide bonds. The summed E-state index contributed by atoms with van der Waals surface area (Å²) in [5, 5.41) is 75.3. The fourth-order valence-electron chi connectivity index (χ4n) is 6.57. The molecule has 0 radical (unpaired) electrons. The standard InChI is InChI=1S/C45H62N10O18/c1-23(49-40(67)32(20-37(63)64)54-43(70)31(19-36(61)62)50-34(58)21-48-39(66)27(47)9-5-6-16-46)38(65)55-33(22-56)44(71)53-30(18-25-10-12-26(57)13-11-25)42(69)52-29(17-24-7-3-2-4-8-24)41(68)51-28(45(72)73)14-15-35(59)60/h2-4,7-8,10-13,23,27-33,56-57H,5-6,9,14-22,46-47H2,1H3,(H,48,66)(H,49,67)(H,50,58)(H,51,68)(H,52,69)(H,53,71)(H,54,70)(H,55,65)(H,59,60)(H,61,62)(H,63,64)(H,72,73)/t23-,27-,28-,29-,30-,31-,32-,33-/m0/s1. The third-order valence-electron chi connectivity index (χ3n) is 10.5. The Morgan fingerprint density at radius 1 is 0.521 bits per heavy atom. The van der Waals surface area contributed by atoms with Crippen molar-refractivity contribution in [3.8, 4) is 5.75 Å². The van der Waals surface area contributed by atoms with Gasteiger partial charge in [-0.3, -0.25) is 52.7 Å². The van der Waals surface area contributed by atoms with E-state index in [1.54, 1.807) is 30.3 Å². The molecule has 0 saturated heterocycles. The maximum Gasteiger partial charge on any atom is 0.326 e. The van der Waals surface area contributed by atoms with Crippen LogP contribution in [0.3, 0.4) is 0 Å². The molecule has 0 aliphatic heterocycles. The number of hydrogen-bond acceptors (Lipinski definition) is 16. The van der Waals surface area contributed by atoms with Crippen LogP contribution in [0.1, 0.15) is 63.0 Å². The van der Waals surface area contributed by atoms with Crippen molar-refractivity contribution in [2.24, 2.45) is 11.5 Å². The number of phenols is 1. The van der Waals surface area contributed by atoms with Gasteiger partial charge in [0.05, 0.1) is 32.0 Å². The summed E-state index contributed by atoms with van der Waals surface area (Å²) in [6, 6.07) is 0.0969. The van der Waals surface area contributed by atoms with Crippen LogP contribution in [0.25, 0.3) is 0 Å². The van der Waals surface area contributed by atoms with E-state index in [0.717, 1.165) is 6.92 Å². The van der Waals surface area contributed by atoms with Gasteiger partial charge in [0.15, 0.2) is 0 Å². The number of nitrogens with two attached hydrogens (primary N) is 2. The third kappa shape index (κ3) is 23.0. The van der Waals surface area contributed by atoms with E-state index < -0.39 is 158 Å². The van der Waals surface area contributed by atoms with Gasteiger partial charge in [0.25, 0.3) is 0 Å². The van der Waals surface area contributed by atoms with E-state index in [2.05, 4.69) is 37.2 Å². The van der Waals surface area contributed by atoms with Crippen LogP contribution in [0, 0.1) is 0 Å². The molecular weight excluding hydrogens is 969 g/mol. The highest BCUT2D eigenvalue weighted by atomic mass is 16.4. The van der Waals surface area contributed by atoms with Gasteiger partial charge >= 0.3 is 23.9 Å². The first kappa shape index (κ1) is 60.9. The second kappa shape index (κ2) is 31.2. The Hall–Kier alpha value is -8.24. The summed E-state index contributed by atoms with van der Waals surface area (Å²) in [6.07, 6.45) is -2.56. The Labute approximate surface area is 416 Å². The van der Waals surface area contributed by atoms with Crippen molar-refractivity contribution in [2.45, 2.75) is 113 Å². The van der Waals surface area contributed by atoms with Gasteiger partial charge in [-0.15, -0.1) is 0 Å². The molecule has 0 saturated carbocycles. The zero-order valence-corrected chi connectivity index (χ0v) is 39.5. The van der Waals surface area contributed by atoms with Crippen molar-refractivity contribution in [3.05, 3.63) is 65.7 Å². The van der Waals surface area contributed by atoms with E-state index in [1.807, 2.05) is 5.32 Å². The number of carbonyl (C=O) groups is 12. The molecule has 0 aromatic heterocycles. The fraction of sp³-hybridized carbons (Fsp3) is 0.467. The topological polar surface area (TPSA) is 474 Å². The normalized spacial score (nSPS) is 14.1. The maximum absolute atomic E-state index is 14.0. The highest BCUT2D eigenvalue weighted by Crippen LogP contribution is 2.13. The average molecular weight is 1030 g/mol. The van der Waals surface area contributed by atoms with Gasteiger partial charge in [0.1, 0.15) is 48.0 Å². The van der Waals surface area contributed by atoms with Crippen molar-refractivity contribution < 1.29 is 88.2 Å². The highest BCUT2D eigenvalue weighted by molar-refractivity contribution is 5.99. The molecule has 2 aromatic carbocycles.